The Morgan fingerprint density at radius 3 is 2.82 bits per heavy atom. The average molecular weight is 383 g/mol. The lowest BCUT2D eigenvalue weighted by Gasteiger charge is -2.24. The van der Waals surface area contributed by atoms with Crippen molar-refractivity contribution in [2.75, 3.05) is 6.61 Å². The van der Waals surface area contributed by atoms with E-state index in [1.807, 2.05) is 30.7 Å². The Morgan fingerprint density at radius 2 is 2.07 bits per heavy atom. The number of para-hydroxylation sites is 1. The molecule has 2 heterocycles. The molecule has 1 aromatic heterocycles. The number of ether oxygens (including phenoxy) is 1. The van der Waals surface area contributed by atoms with Crippen LogP contribution < -0.4 is 15.4 Å². The minimum atomic E-state index is 0.206. The van der Waals surface area contributed by atoms with Crippen molar-refractivity contribution in [1.29, 1.82) is 0 Å². The summed E-state index contributed by atoms with van der Waals surface area (Å²) in [6.45, 7) is 5.36. The van der Waals surface area contributed by atoms with Crippen LogP contribution in [-0.4, -0.2) is 39.4 Å². The zero-order valence-corrected chi connectivity index (χ0v) is 17.0. The van der Waals surface area contributed by atoms with Crippen LogP contribution in [0.2, 0.25) is 0 Å². The van der Waals surface area contributed by atoms with Gasteiger partial charge < -0.3 is 19.9 Å². The summed E-state index contributed by atoms with van der Waals surface area (Å²) < 4.78 is 7.86. The van der Waals surface area contributed by atoms with Gasteiger partial charge >= 0.3 is 0 Å². The monoisotopic (exact) mass is 382 g/mol. The van der Waals surface area contributed by atoms with E-state index in [1.54, 1.807) is 0 Å². The number of rotatable bonds is 5. The fourth-order valence-corrected chi connectivity index (χ4v) is 4.05. The second-order valence-corrected chi connectivity index (χ2v) is 7.90. The van der Waals surface area contributed by atoms with Crippen molar-refractivity contribution in [3.63, 3.8) is 0 Å². The molecule has 0 spiro atoms. The van der Waals surface area contributed by atoms with Gasteiger partial charge in [-0.1, -0.05) is 31.0 Å². The number of benzene rings is 1. The van der Waals surface area contributed by atoms with Crippen LogP contribution in [0.5, 0.6) is 5.75 Å². The van der Waals surface area contributed by atoms with Crippen molar-refractivity contribution in [3.8, 4) is 5.75 Å². The molecule has 2 aliphatic rings. The Hall–Kier alpha value is -2.57. The molecule has 2 unspecified atom stereocenters. The molecule has 1 fully saturated rings. The lowest BCUT2D eigenvalue weighted by atomic mass is 9.94. The van der Waals surface area contributed by atoms with Gasteiger partial charge in [0.2, 0.25) is 0 Å². The highest BCUT2D eigenvalue weighted by Crippen LogP contribution is 2.35. The molecule has 1 saturated carbocycles. The van der Waals surface area contributed by atoms with Crippen molar-refractivity contribution >= 4 is 5.96 Å². The Balaban J connectivity index is 1.48. The first-order valence-electron chi connectivity index (χ1n) is 10.3. The highest BCUT2D eigenvalue weighted by Gasteiger charge is 2.29. The molecule has 1 aromatic carbocycles. The number of nitrogens with one attached hydrogen (secondary N) is 2. The standard InChI is InChI=1S/C21H30N6O/c1-14(18-13-28-19-11-7-6-10-17(18)19)23-21(24-16-8-4-5-9-16)22-12-20-26-25-15(2)27(20)3/h6-7,10-11,14,16,18H,4-5,8-9,12-13H2,1-3H3,(H2,22,23,24). The van der Waals surface area contributed by atoms with Crippen LogP contribution in [-0.2, 0) is 13.6 Å². The Bertz CT molecular complexity index is 839. The van der Waals surface area contributed by atoms with Crippen molar-refractivity contribution in [2.24, 2.45) is 12.0 Å². The molecule has 2 aromatic rings. The van der Waals surface area contributed by atoms with Crippen molar-refractivity contribution in [2.45, 2.75) is 64.1 Å². The SMILES string of the molecule is Cc1nnc(CN=C(NC2CCCC2)NC(C)C2COc3ccccc32)n1C. The van der Waals surface area contributed by atoms with Gasteiger partial charge in [-0.2, -0.15) is 0 Å². The maximum Gasteiger partial charge on any atom is 0.192 e. The van der Waals surface area contributed by atoms with Crippen LogP contribution in [0.4, 0.5) is 0 Å². The number of nitrogens with zero attached hydrogens (tertiary/aromatic N) is 4. The summed E-state index contributed by atoms with van der Waals surface area (Å²) in [7, 11) is 1.98. The minimum absolute atomic E-state index is 0.206. The van der Waals surface area contributed by atoms with Gasteiger partial charge in [0.15, 0.2) is 11.8 Å². The fraction of sp³-hybridized carbons (Fsp3) is 0.571. The zero-order valence-electron chi connectivity index (χ0n) is 17.0. The largest absolute Gasteiger partial charge is 0.493 e. The second-order valence-electron chi connectivity index (χ2n) is 7.90. The van der Waals surface area contributed by atoms with Gasteiger partial charge in [0.25, 0.3) is 0 Å². The van der Waals surface area contributed by atoms with E-state index < -0.39 is 0 Å². The Kier molecular flexibility index (Phi) is 5.50. The molecule has 0 bridgehead atoms. The van der Waals surface area contributed by atoms with E-state index in [9.17, 15) is 0 Å². The summed E-state index contributed by atoms with van der Waals surface area (Å²) in [4.78, 5) is 4.83. The zero-order chi connectivity index (χ0) is 19.5. The number of hydrogen-bond acceptors (Lipinski definition) is 4. The molecule has 1 aliphatic carbocycles. The number of aliphatic imine (C=N–C) groups is 1. The minimum Gasteiger partial charge on any atom is -0.493 e. The maximum absolute atomic E-state index is 5.87. The molecule has 2 N–H and O–H groups in total. The third-order valence-electron chi connectivity index (χ3n) is 5.96. The van der Waals surface area contributed by atoms with E-state index in [1.165, 1.54) is 31.2 Å². The summed E-state index contributed by atoms with van der Waals surface area (Å²) in [5.41, 5.74) is 1.27. The number of hydrogen-bond donors (Lipinski definition) is 2. The molecular formula is C21H30N6O. The van der Waals surface area contributed by atoms with Crippen LogP contribution in [0.25, 0.3) is 0 Å². The van der Waals surface area contributed by atoms with E-state index in [-0.39, 0.29) is 6.04 Å². The van der Waals surface area contributed by atoms with Crippen molar-refractivity contribution in [1.82, 2.24) is 25.4 Å². The molecule has 7 nitrogen and oxygen atoms in total. The third kappa shape index (κ3) is 3.98. The van der Waals surface area contributed by atoms with E-state index in [4.69, 9.17) is 9.73 Å². The fourth-order valence-electron chi connectivity index (χ4n) is 4.05. The predicted octanol–water partition coefficient (Wildman–Crippen LogP) is 2.67. The van der Waals surface area contributed by atoms with Gasteiger partial charge in [-0.3, -0.25) is 0 Å². The van der Waals surface area contributed by atoms with Crippen LogP contribution in [0.15, 0.2) is 29.3 Å². The Labute approximate surface area is 166 Å². The summed E-state index contributed by atoms with van der Waals surface area (Å²) in [6.07, 6.45) is 4.97. The van der Waals surface area contributed by atoms with Gasteiger partial charge in [-0.05, 0) is 32.8 Å². The topological polar surface area (TPSA) is 76.4 Å². The second kappa shape index (κ2) is 8.20. The molecule has 0 amide bonds. The van der Waals surface area contributed by atoms with Crippen LogP contribution in [0.3, 0.4) is 0 Å². The van der Waals surface area contributed by atoms with Crippen LogP contribution >= 0.6 is 0 Å². The van der Waals surface area contributed by atoms with Gasteiger partial charge in [0.05, 0.1) is 6.61 Å². The lowest BCUT2D eigenvalue weighted by molar-refractivity contribution is 0.312. The molecule has 0 saturated heterocycles. The molecule has 1 aliphatic heterocycles. The van der Waals surface area contributed by atoms with Gasteiger partial charge in [-0.15, -0.1) is 10.2 Å². The lowest BCUT2D eigenvalue weighted by Crippen LogP contribution is -2.48. The normalized spacial score (nSPS) is 20.7. The average Bonchev–Trinajstić information content (AvgIpc) is 3.42. The number of aromatic nitrogens is 3. The molecule has 28 heavy (non-hydrogen) atoms. The summed E-state index contributed by atoms with van der Waals surface area (Å²) in [6, 6.07) is 9.01. The van der Waals surface area contributed by atoms with E-state index in [2.05, 4.69) is 39.9 Å². The number of aryl methyl sites for hydroxylation is 1. The van der Waals surface area contributed by atoms with Crippen molar-refractivity contribution in [3.05, 3.63) is 41.5 Å². The first kappa shape index (κ1) is 18.8. The molecular weight excluding hydrogens is 352 g/mol. The van der Waals surface area contributed by atoms with E-state index in [0.717, 1.165) is 23.4 Å². The highest BCUT2D eigenvalue weighted by atomic mass is 16.5. The molecule has 4 rings (SSSR count). The predicted molar refractivity (Wildman–Crippen MR) is 110 cm³/mol. The van der Waals surface area contributed by atoms with Gasteiger partial charge in [0.1, 0.15) is 18.1 Å². The summed E-state index contributed by atoms with van der Waals surface area (Å²) in [5.74, 6) is 3.93. The molecule has 2 atom stereocenters. The smallest absolute Gasteiger partial charge is 0.192 e. The van der Waals surface area contributed by atoms with Crippen molar-refractivity contribution < 1.29 is 4.74 Å². The summed E-state index contributed by atoms with van der Waals surface area (Å²) >= 11 is 0. The van der Waals surface area contributed by atoms with Crippen LogP contribution in [0, 0.1) is 6.92 Å². The van der Waals surface area contributed by atoms with E-state index >= 15 is 0 Å². The Morgan fingerprint density at radius 1 is 1.29 bits per heavy atom. The quantitative estimate of drug-likeness (QED) is 0.614. The maximum atomic E-state index is 5.87. The highest BCUT2D eigenvalue weighted by molar-refractivity contribution is 5.80. The molecule has 150 valence electrons. The van der Waals surface area contributed by atoms with Gasteiger partial charge in [-0.25, -0.2) is 4.99 Å². The number of fused-ring (bicyclic) bond motifs is 1. The van der Waals surface area contributed by atoms with E-state index in [0.29, 0.717) is 25.1 Å². The first-order chi connectivity index (χ1) is 13.6. The molecule has 0 radical (unpaired) electrons. The molecule has 7 heteroatoms. The van der Waals surface area contributed by atoms with Gasteiger partial charge in [0, 0.05) is 30.6 Å². The summed E-state index contributed by atoms with van der Waals surface area (Å²) in [5, 5.41) is 15.6. The third-order valence-corrected chi connectivity index (χ3v) is 5.96. The number of guanidine groups is 1. The van der Waals surface area contributed by atoms with Crippen LogP contribution in [0.1, 0.15) is 55.7 Å². The first-order valence-corrected chi connectivity index (χ1v) is 10.3.